The minimum Gasteiger partial charge on any atom is -0.476 e. The fraction of sp³-hybridized carbons (Fsp3) is 0.583. The van der Waals surface area contributed by atoms with Crippen LogP contribution in [0.15, 0.2) is 0 Å². The normalized spacial score (nSPS) is 14.4. The van der Waals surface area contributed by atoms with Gasteiger partial charge >= 0.3 is 12.0 Å². The molecule has 7 nitrogen and oxygen atoms in total. The summed E-state index contributed by atoms with van der Waals surface area (Å²) >= 11 is 0. The molecule has 0 saturated heterocycles. The minimum atomic E-state index is -1.05. The molecule has 19 heavy (non-hydrogen) atoms. The average molecular weight is 266 g/mol. The maximum Gasteiger partial charge on any atom is 0.356 e. The first-order valence-electron chi connectivity index (χ1n) is 6.25. The summed E-state index contributed by atoms with van der Waals surface area (Å²) in [5.41, 5.74) is 0.634. The van der Waals surface area contributed by atoms with Crippen LogP contribution in [0.2, 0.25) is 0 Å². The molecule has 0 aromatic carbocycles. The number of carbonyl (C=O) groups is 2. The van der Waals surface area contributed by atoms with Crippen LogP contribution in [0.4, 0.5) is 4.79 Å². The second-order valence-corrected chi connectivity index (χ2v) is 4.94. The van der Waals surface area contributed by atoms with Gasteiger partial charge in [0.05, 0.1) is 12.2 Å². The van der Waals surface area contributed by atoms with Gasteiger partial charge < -0.3 is 19.9 Å². The quantitative estimate of drug-likeness (QED) is 0.829. The highest BCUT2D eigenvalue weighted by Gasteiger charge is 2.28. The number of carbonyl (C=O) groups excluding carboxylic acids is 1. The topological polar surface area (TPSA) is 87.5 Å². The summed E-state index contributed by atoms with van der Waals surface area (Å²) in [6.07, 6.45) is 0. The summed E-state index contributed by atoms with van der Waals surface area (Å²) in [6, 6.07) is -0.114. The summed E-state index contributed by atoms with van der Waals surface area (Å²) in [4.78, 5) is 28.8. The van der Waals surface area contributed by atoms with Crippen LogP contribution in [0.5, 0.6) is 0 Å². The fourth-order valence-corrected chi connectivity index (χ4v) is 2.23. The molecule has 1 aliphatic rings. The zero-order valence-electron chi connectivity index (χ0n) is 11.3. The Morgan fingerprint density at radius 1 is 1.37 bits per heavy atom. The van der Waals surface area contributed by atoms with Crippen LogP contribution in [0.3, 0.4) is 0 Å². The number of amides is 2. The number of aromatic nitrogens is 2. The van der Waals surface area contributed by atoms with Gasteiger partial charge in [-0.05, 0) is 20.8 Å². The molecule has 2 rings (SSSR count). The van der Waals surface area contributed by atoms with Crippen molar-refractivity contribution in [1.82, 2.24) is 19.8 Å². The van der Waals surface area contributed by atoms with Crippen molar-refractivity contribution in [2.45, 2.75) is 39.9 Å². The van der Waals surface area contributed by atoms with Gasteiger partial charge in [-0.1, -0.05) is 0 Å². The highest BCUT2D eigenvalue weighted by atomic mass is 16.4. The molecule has 0 bridgehead atoms. The molecule has 2 heterocycles. The molecule has 7 heteroatoms. The fourth-order valence-electron chi connectivity index (χ4n) is 2.23. The molecule has 1 aliphatic heterocycles. The van der Waals surface area contributed by atoms with E-state index in [1.54, 1.807) is 11.8 Å². The second-order valence-electron chi connectivity index (χ2n) is 4.94. The Morgan fingerprint density at radius 2 is 2.05 bits per heavy atom. The molecule has 104 valence electrons. The Balaban J connectivity index is 2.23. The van der Waals surface area contributed by atoms with Crippen molar-refractivity contribution in [2.75, 3.05) is 6.54 Å². The van der Waals surface area contributed by atoms with Gasteiger partial charge in [-0.3, -0.25) is 0 Å². The van der Waals surface area contributed by atoms with Gasteiger partial charge in [-0.2, -0.15) is 0 Å². The van der Waals surface area contributed by atoms with E-state index in [2.05, 4.69) is 10.3 Å². The molecular formula is C12H18N4O3. The van der Waals surface area contributed by atoms with E-state index in [1.165, 1.54) is 0 Å². The number of fused-ring (bicyclic) bond motifs is 1. The van der Waals surface area contributed by atoms with Crippen molar-refractivity contribution in [1.29, 1.82) is 0 Å². The van der Waals surface area contributed by atoms with Crippen molar-refractivity contribution in [3.05, 3.63) is 17.2 Å². The van der Waals surface area contributed by atoms with Crippen LogP contribution in [-0.4, -0.2) is 44.1 Å². The van der Waals surface area contributed by atoms with Crippen molar-refractivity contribution in [3.8, 4) is 0 Å². The Bertz CT molecular complexity index is 521. The Labute approximate surface area is 111 Å². The number of nitrogens with zero attached hydrogens (tertiary/aromatic N) is 3. The highest BCUT2D eigenvalue weighted by molar-refractivity contribution is 5.87. The lowest BCUT2D eigenvalue weighted by Gasteiger charge is -2.29. The third kappa shape index (κ3) is 2.54. The Hall–Kier alpha value is -2.05. The van der Waals surface area contributed by atoms with Gasteiger partial charge in [0.15, 0.2) is 5.69 Å². The molecule has 2 N–H and O–H groups in total. The van der Waals surface area contributed by atoms with E-state index in [0.717, 1.165) is 0 Å². The summed E-state index contributed by atoms with van der Waals surface area (Å²) in [5, 5.41) is 11.9. The lowest BCUT2D eigenvalue weighted by Crippen LogP contribution is -2.46. The lowest BCUT2D eigenvalue weighted by molar-refractivity contribution is 0.0687. The van der Waals surface area contributed by atoms with Crippen LogP contribution in [0.25, 0.3) is 0 Å². The van der Waals surface area contributed by atoms with Crippen LogP contribution >= 0.6 is 0 Å². The first-order chi connectivity index (χ1) is 8.90. The van der Waals surface area contributed by atoms with Crippen LogP contribution < -0.4 is 5.32 Å². The maximum atomic E-state index is 11.9. The van der Waals surface area contributed by atoms with Crippen molar-refractivity contribution < 1.29 is 14.7 Å². The van der Waals surface area contributed by atoms with Gasteiger partial charge in [0.1, 0.15) is 5.82 Å². The number of hydrogen-bond donors (Lipinski definition) is 2. The standard InChI is InChI=1S/C12H18N4O3/c1-7(2)13-12(19)15-4-5-16-8(3)14-10(11(17)18)9(16)6-15/h7H,4-6H2,1-3H3,(H,13,19)(H,17,18). The number of imidazole rings is 1. The predicted molar refractivity (Wildman–Crippen MR) is 68.0 cm³/mol. The summed E-state index contributed by atoms with van der Waals surface area (Å²) in [5.74, 6) is -0.376. The van der Waals surface area contributed by atoms with E-state index >= 15 is 0 Å². The predicted octanol–water partition coefficient (Wildman–Crippen LogP) is 0.823. The smallest absolute Gasteiger partial charge is 0.356 e. The number of urea groups is 1. The van der Waals surface area contributed by atoms with Gasteiger partial charge in [0, 0.05) is 19.1 Å². The van der Waals surface area contributed by atoms with Crippen LogP contribution in [0.1, 0.15) is 35.9 Å². The van der Waals surface area contributed by atoms with Crippen molar-refractivity contribution >= 4 is 12.0 Å². The summed E-state index contributed by atoms with van der Waals surface area (Å²) in [7, 11) is 0. The molecule has 1 aromatic heterocycles. The van der Waals surface area contributed by atoms with E-state index in [0.29, 0.717) is 24.6 Å². The van der Waals surface area contributed by atoms with Gasteiger partial charge in [-0.25, -0.2) is 14.6 Å². The van der Waals surface area contributed by atoms with E-state index in [-0.39, 0.29) is 24.3 Å². The summed E-state index contributed by atoms with van der Waals surface area (Å²) in [6.45, 7) is 6.97. The van der Waals surface area contributed by atoms with E-state index in [4.69, 9.17) is 5.11 Å². The summed E-state index contributed by atoms with van der Waals surface area (Å²) < 4.78 is 1.86. The van der Waals surface area contributed by atoms with Gasteiger partial charge in [0.25, 0.3) is 0 Å². The third-order valence-electron chi connectivity index (χ3n) is 3.10. The molecule has 2 amide bonds. The van der Waals surface area contributed by atoms with Crippen LogP contribution in [0, 0.1) is 6.92 Å². The Kier molecular flexibility index (Phi) is 3.46. The molecule has 0 fully saturated rings. The molecule has 1 aromatic rings. The minimum absolute atomic E-state index is 0.0412. The molecule has 0 aliphatic carbocycles. The molecular weight excluding hydrogens is 248 g/mol. The number of hydrogen-bond acceptors (Lipinski definition) is 3. The number of carboxylic acids is 1. The largest absolute Gasteiger partial charge is 0.476 e. The first kappa shape index (κ1) is 13.4. The zero-order chi connectivity index (χ0) is 14.2. The highest BCUT2D eigenvalue weighted by Crippen LogP contribution is 2.19. The number of nitrogens with one attached hydrogen (secondary N) is 1. The maximum absolute atomic E-state index is 11.9. The van der Waals surface area contributed by atoms with Crippen molar-refractivity contribution in [3.63, 3.8) is 0 Å². The zero-order valence-corrected chi connectivity index (χ0v) is 11.3. The molecule has 0 atom stereocenters. The molecule has 0 spiro atoms. The van der Waals surface area contributed by atoms with Crippen LogP contribution in [-0.2, 0) is 13.1 Å². The second kappa shape index (κ2) is 4.91. The molecule has 0 unspecified atom stereocenters. The Morgan fingerprint density at radius 3 is 2.63 bits per heavy atom. The number of carboxylic acid groups (broad SMARTS) is 1. The molecule has 0 saturated carbocycles. The number of aromatic carboxylic acids is 1. The molecule has 0 radical (unpaired) electrons. The van der Waals surface area contributed by atoms with E-state index < -0.39 is 5.97 Å². The monoisotopic (exact) mass is 266 g/mol. The first-order valence-corrected chi connectivity index (χ1v) is 6.25. The number of rotatable bonds is 2. The lowest BCUT2D eigenvalue weighted by atomic mass is 10.2. The van der Waals surface area contributed by atoms with Gasteiger partial charge in [-0.15, -0.1) is 0 Å². The average Bonchev–Trinajstić information content (AvgIpc) is 2.65. The number of aryl methyl sites for hydroxylation is 1. The van der Waals surface area contributed by atoms with E-state index in [1.807, 2.05) is 18.4 Å². The third-order valence-corrected chi connectivity index (χ3v) is 3.10. The van der Waals surface area contributed by atoms with Gasteiger partial charge in [0.2, 0.25) is 0 Å². The van der Waals surface area contributed by atoms with E-state index in [9.17, 15) is 9.59 Å². The van der Waals surface area contributed by atoms with Crippen molar-refractivity contribution in [2.24, 2.45) is 0 Å². The SMILES string of the molecule is Cc1nc(C(=O)O)c2n1CCN(C(=O)NC(C)C)C2.